The van der Waals surface area contributed by atoms with Gasteiger partial charge in [-0.05, 0) is 36.4 Å². The van der Waals surface area contributed by atoms with Crippen LogP contribution in [0.2, 0.25) is 0 Å². The third-order valence-electron chi connectivity index (χ3n) is 4.13. The third-order valence-corrected chi connectivity index (χ3v) is 4.13. The molecular formula is C22H12F6O4. The second-order valence-corrected chi connectivity index (χ2v) is 6.34. The predicted octanol–water partition coefficient (Wildman–Crippen LogP) is 6.16. The van der Waals surface area contributed by atoms with Gasteiger partial charge < -0.3 is 9.47 Å². The fourth-order valence-electron chi connectivity index (χ4n) is 2.74. The van der Waals surface area contributed by atoms with Crippen LogP contribution in [0.1, 0.15) is 31.8 Å². The maximum Gasteiger partial charge on any atom is 0.417 e. The van der Waals surface area contributed by atoms with Gasteiger partial charge in [0, 0.05) is 6.07 Å². The van der Waals surface area contributed by atoms with E-state index in [9.17, 15) is 35.9 Å². The maximum absolute atomic E-state index is 13.1. The van der Waals surface area contributed by atoms with E-state index in [1.54, 1.807) is 0 Å². The monoisotopic (exact) mass is 454 g/mol. The molecule has 32 heavy (non-hydrogen) atoms. The van der Waals surface area contributed by atoms with Gasteiger partial charge in [-0.2, -0.15) is 26.3 Å². The van der Waals surface area contributed by atoms with Crippen LogP contribution in [0.15, 0.2) is 72.8 Å². The number of ether oxygens (including phenoxy) is 2. The van der Waals surface area contributed by atoms with Crippen molar-refractivity contribution >= 4 is 11.9 Å². The summed E-state index contributed by atoms with van der Waals surface area (Å²) in [5.74, 6) is -3.18. The minimum atomic E-state index is -4.79. The van der Waals surface area contributed by atoms with E-state index in [1.807, 2.05) is 0 Å². The van der Waals surface area contributed by atoms with Crippen molar-refractivity contribution < 1.29 is 45.4 Å². The molecule has 4 nitrogen and oxygen atoms in total. The van der Waals surface area contributed by atoms with Gasteiger partial charge in [0.05, 0.1) is 22.3 Å². The van der Waals surface area contributed by atoms with Crippen molar-refractivity contribution in [2.75, 3.05) is 0 Å². The number of hydrogen-bond donors (Lipinski definition) is 0. The van der Waals surface area contributed by atoms with E-state index < -0.39 is 46.5 Å². The van der Waals surface area contributed by atoms with Gasteiger partial charge in [-0.15, -0.1) is 0 Å². The minimum absolute atomic E-state index is 0.276. The molecule has 3 aromatic rings. The fraction of sp³-hybridized carbons (Fsp3) is 0.0909. The molecule has 10 heteroatoms. The number of rotatable bonds is 4. The van der Waals surface area contributed by atoms with Crippen LogP contribution in [0.25, 0.3) is 0 Å². The number of carbonyl (C=O) groups is 2. The molecule has 0 saturated heterocycles. The Morgan fingerprint density at radius 3 is 1.31 bits per heavy atom. The molecule has 166 valence electrons. The molecule has 0 heterocycles. The fourth-order valence-corrected chi connectivity index (χ4v) is 2.74. The van der Waals surface area contributed by atoms with Gasteiger partial charge in [0.1, 0.15) is 11.5 Å². The standard InChI is InChI=1S/C22H12F6O4/c23-21(24,25)17-10-3-1-8-15(17)19(29)31-13-6-5-7-14(12-13)32-20(30)16-9-2-4-11-18(16)22(26,27)28/h1-12H. The van der Waals surface area contributed by atoms with Gasteiger partial charge in [0.2, 0.25) is 0 Å². The first-order valence-electron chi connectivity index (χ1n) is 8.83. The normalized spacial score (nSPS) is 11.7. The molecule has 0 amide bonds. The van der Waals surface area contributed by atoms with E-state index in [1.165, 1.54) is 30.3 Å². The molecule has 0 bridgehead atoms. The van der Waals surface area contributed by atoms with E-state index >= 15 is 0 Å². The molecule has 0 spiro atoms. The topological polar surface area (TPSA) is 52.6 Å². The van der Waals surface area contributed by atoms with Crippen molar-refractivity contribution in [1.29, 1.82) is 0 Å². The van der Waals surface area contributed by atoms with E-state index in [0.29, 0.717) is 12.1 Å². The second-order valence-electron chi connectivity index (χ2n) is 6.34. The van der Waals surface area contributed by atoms with Crippen LogP contribution >= 0.6 is 0 Å². The highest BCUT2D eigenvalue weighted by Gasteiger charge is 2.36. The number of halogens is 6. The Hall–Kier alpha value is -3.82. The Balaban J connectivity index is 1.81. The Bertz CT molecular complexity index is 1060. The number of esters is 2. The van der Waals surface area contributed by atoms with Gasteiger partial charge >= 0.3 is 24.3 Å². The quantitative estimate of drug-likeness (QED) is 0.269. The lowest BCUT2D eigenvalue weighted by atomic mass is 10.1. The second kappa shape index (κ2) is 8.74. The molecular weight excluding hydrogens is 442 g/mol. The molecule has 0 aromatic heterocycles. The molecule has 0 aliphatic carbocycles. The third kappa shape index (κ3) is 5.26. The van der Waals surface area contributed by atoms with Gasteiger partial charge in [-0.3, -0.25) is 0 Å². The number of hydrogen-bond acceptors (Lipinski definition) is 4. The molecule has 0 fully saturated rings. The van der Waals surface area contributed by atoms with Gasteiger partial charge in [-0.1, -0.05) is 30.3 Å². The van der Waals surface area contributed by atoms with E-state index in [2.05, 4.69) is 0 Å². The van der Waals surface area contributed by atoms with Crippen molar-refractivity contribution in [2.45, 2.75) is 12.4 Å². The summed E-state index contributed by atoms with van der Waals surface area (Å²) >= 11 is 0. The predicted molar refractivity (Wildman–Crippen MR) is 99.2 cm³/mol. The van der Waals surface area contributed by atoms with E-state index in [-0.39, 0.29) is 11.5 Å². The molecule has 3 aromatic carbocycles. The largest absolute Gasteiger partial charge is 0.423 e. The van der Waals surface area contributed by atoms with Crippen LogP contribution in [0.3, 0.4) is 0 Å². The lowest BCUT2D eigenvalue weighted by Crippen LogP contribution is -2.17. The highest BCUT2D eigenvalue weighted by atomic mass is 19.4. The van der Waals surface area contributed by atoms with Crippen molar-refractivity contribution in [3.05, 3.63) is 95.1 Å². The molecule has 0 saturated carbocycles. The summed E-state index contributed by atoms with van der Waals surface area (Å²) in [6, 6.07) is 12.6. The first kappa shape index (κ1) is 22.9. The van der Waals surface area contributed by atoms with Crippen LogP contribution in [0.4, 0.5) is 26.3 Å². The van der Waals surface area contributed by atoms with Gasteiger partial charge in [-0.25, -0.2) is 9.59 Å². The summed E-state index contributed by atoms with van der Waals surface area (Å²) in [5, 5.41) is 0. The van der Waals surface area contributed by atoms with Crippen molar-refractivity contribution in [3.63, 3.8) is 0 Å². The molecule has 0 aliphatic rings. The maximum atomic E-state index is 13.1. The summed E-state index contributed by atoms with van der Waals surface area (Å²) in [5.41, 5.74) is -3.87. The van der Waals surface area contributed by atoms with Gasteiger partial charge in [0.25, 0.3) is 0 Å². The highest BCUT2D eigenvalue weighted by Crippen LogP contribution is 2.34. The lowest BCUT2D eigenvalue weighted by molar-refractivity contribution is -0.138. The van der Waals surface area contributed by atoms with E-state index in [4.69, 9.17) is 9.47 Å². The SMILES string of the molecule is O=C(Oc1cccc(OC(=O)c2ccccc2C(F)(F)F)c1)c1ccccc1C(F)(F)F. The molecule has 0 radical (unpaired) electrons. The molecule has 0 unspecified atom stereocenters. The zero-order valence-electron chi connectivity index (χ0n) is 15.8. The average molecular weight is 454 g/mol. The van der Waals surface area contributed by atoms with Crippen molar-refractivity contribution in [2.24, 2.45) is 0 Å². The molecule has 3 rings (SSSR count). The van der Waals surface area contributed by atoms with Crippen molar-refractivity contribution in [3.8, 4) is 11.5 Å². The molecule has 0 aliphatic heterocycles. The van der Waals surface area contributed by atoms with Crippen LogP contribution in [-0.4, -0.2) is 11.9 Å². The highest BCUT2D eigenvalue weighted by molar-refractivity contribution is 5.94. The smallest absolute Gasteiger partial charge is 0.417 e. The summed E-state index contributed by atoms with van der Waals surface area (Å²) < 4.78 is 88.4. The number of carbonyl (C=O) groups excluding carboxylic acids is 2. The summed E-state index contributed by atoms with van der Waals surface area (Å²) in [6.45, 7) is 0. The van der Waals surface area contributed by atoms with Crippen LogP contribution in [0, 0.1) is 0 Å². The van der Waals surface area contributed by atoms with Crippen molar-refractivity contribution in [1.82, 2.24) is 0 Å². The zero-order valence-corrected chi connectivity index (χ0v) is 15.8. The van der Waals surface area contributed by atoms with E-state index in [0.717, 1.165) is 30.3 Å². The first-order valence-corrected chi connectivity index (χ1v) is 8.83. The zero-order chi connectivity index (χ0) is 23.5. The van der Waals surface area contributed by atoms with Crippen LogP contribution in [-0.2, 0) is 12.4 Å². The number of alkyl halides is 6. The number of benzene rings is 3. The Morgan fingerprint density at radius 1 is 0.562 bits per heavy atom. The molecule has 0 N–H and O–H groups in total. The average Bonchev–Trinajstić information content (AvgIpc) is 2.73. The Labute approximate surface area is 177 Å². The Morgan fingerprint density at radius 2 is 0.938 bits per heavy atom. The lowest BCUT2D eigenvalue weighted by Gasteiger charge is -2.13. The Kier molecular flexibility index (Phi) is 6.24. The van der Waals surface area contributed by atoms with Gasteiger partial charge in [0.15, 0.2) is 0 Å². The molecule has 0 atom stereocenters. The van der Waals surface area contributed by atoms with Crippen LogP contribution in [0.5, 0.6) is 11.5 Å². The first-order chi connectivity index (χ1) is 15.0. The minimum Gasteiger partial charge on any atom is -0.423 e. The summed E-state index contributed by atoms with van der Waals surface area (Å²) in [7, 11) is 0. The summed E-state index contributed by atoms with van der Waals surface area (Å²) in [6.07, 6.45) is -9.59. The summed E-state index contributed by atoms with van der Waals surface area (Å²) in [4.78, 5) is 24.5. The van der Waals surface area contributed by atoms with Crippen LogP contribution < -0.4 is 9.47 Å².